The number of benzene rings is 1. The fourth-order valence-corrected chi connectivity index (χ4v) is 3.48. The standard InChI is InChI=1S/C21H29N3O3/c1-24(12-4-6-17-7-5-13-27-17)15-16-8-10-20(25-2)18(14-16)19-9-11-21(26-3)23-22-19/h8-11,14,17H,4-7,12-13,15H2,1-3H3. The van der Waals surface area contributed by atoms with Gasteiger partial charge in [-0.25, -0.2) is 0 Å². The molecule has 1 aromatic carbocycles. The van der Waals surface area contributed by atoms with E-state index in [0.29, 0.717) is 12.0 Å². The molecule has 0 saturated carbocycles. The monoisotopic (exact) mass is 371 g/mol. The molecule has 0 spiro atoms. The largest absolute Gasteiger partial charge is 0.496 e. The summed E-state index contributed by atoms with van der Waals surface area (Å²) in [6.07, 6.45) is 5.21. The highest BCUT2D eigenvalue weighted by Gasteiger charge is 2.15. The Morgan fingerprint density at radius 1 is 1.15 bits per heavy atom. The summed E-state index contributed by atoms with van der Waals surface area (Å²) < 4.78 is 16.3. The highest BCUT2D eigenvalue weighted by molar-refractivity contribution is 5.67. The molecule has 0 bridgehead atoms. The van der Waals surface area contributed by atoms with E-state index >= 15 is 0 Å². The minimum Gasteiger partial charge on any atom is -0.496 e. The fraction of sp³-hybridized carbons (Fsp3) is 0.524. The highest BCUT2D eigenvalue weighted by Crippen LogP contribution is 2.30. The van der Waals surface area contributed by atoms with E-state index in [1.165, 1.54) is 18.4 Å². The fourth-order valence-electron chi connectivity index (χ4n) is 3.48. The first-order valence-electron chi connectivity index (χ1n) is 9.54. The van der Waals surface area contributed by atoms with Crippen LogP contribution in [-0.4, -0.2) is 55.6 Å². The Kier molecular flexibility index (Phi) is 7.01. The maximum Gasteiger partial charge on any atom is 0.233 e. The van der Waals surface area contributed by atoms with Crippen molar-refractivity contribution in [3.8, 4) is 22.9 Å². The molecular formula is C21H29N3O3. The second-order valence-electron chi connectivity index (χ2n) is 7.01. The van der Waals surface area contributed by atoms with Gasteiger partial charge in [0.1, 0.15) is 5.75 Å². The van der Waals surface area contributed by atoms with Crippen molar-refractivity contribution in [3.05, 3.63) is 35.9 Å². The van der Waals surface area contributed by atoms with Crippen molar-refractivity contribution < 1.29 is 14.2 Å². The van der Waals surface area contributed by atoms with Gasteiger partial charge < -0.3 is 19.1 Å². The van der Waals surface area contributed by atoms with Gasteiger partial charge in [0, 0.05) is 24.8 Å². The zero-order chi connectivity index (χ0) is 19.1. The van der Waals surface area contributed by atoms with Gasteiger partial charge in [-0.05, 0) is 63.0 Å². The summed E-state index contributed by atoms with van der Waals surface area (Å²) in [5, 5.41) is 8.33. The number of aromatic nitrogens is 2. The molecule has 2 heterocycles. The van der Waals surface area contributed by atoms with Gasteiger partial charge in [0.05, 0.1) is 26.0 Å². The third-order valence-corrected chi connectivity index (χ3v) is 4.93. The van der Waals surface area contributed by atoms with Crippen LogP contribution >= 0.6 is 0 Å². The molecular weight excluding hydrogens is 342 g/mol. The number of hydrogen-bond acceptors (Lipinski definition) is 6. The second kappa shape index (κ2) is 9.67. The van der Waals surface area contributed by atoms with Crippen LogP contribution in [0.5, 0.6) is 11.6 Å². The van der Waals surface area contributed by atoms with E-state index in [9.17, 15) is 0 Å². The van der Waals surface area contributed by atoms with Crippen molar-refractivity contribution in [3.63, 3.8) is 0 Å². The molecule has 1 fully saturated rings. The molecule has 1 unspecified atom stereocenters. The SMILES string of the molecule is COc1ccc(-c2cc(CN(C)CCCC3CCCO3)ccc2OC)nn1. The lowest BCUT2D eigenvalue weighted by Gasteiger charge is -2.19. The van der Waals surface area contributed by atoms with Crippen molar-refractivity contribution in [2.75, 3.05) is 34.4 Å². The zero-order valence-electron chi connectivity index (χ0n) is 16.5. The summed E-state index contributed by atoms with van der Waals surface area (Å²) in [5.74, 6) is 1.29. The van der Waals surface area contributed by atoms with Gasteiger partial charge >= 0.3 is 0 Å². The van der Waals surface area contributed by atoms with Crippen LogP contribution in [0.25, 0.3) is 11.3 Å². The first kappa shape index (κ1) is 19.6. The smallest absolute Gasteiger partial charge is 0.233 e. The summed E-state index contributed by atoms with van der Waals surface area (Å²) in [4.78, 5) is 2.35. The van der Waals surface area contributed by atoms with Crippen molar-refractivity contribution in [2.45, 2.75) is 38.3 Å². The number of hydrogen-bond donors (Lipinski definition) is 0. The Hall–Kier alpha value is -2.18. The molecule has 0 N–H and O–H groups in total. The Morgan fingerprint density at radius 3 is 2.70 bits per heavy atom. The van der Waals surface area contributed by atoms with Crippen LogP contribution in [0.4, 0.5) is 0 Å². The Bertz CT molecular complexity index is 715. The van der Waals surface area contributed by atoms with E-state index in [-0.39, 0.29) is 0 Å². The van der Waals surface area contributed by atoms with Gasteiger partial charge in [-0.2, -0.15) is 0 Å². The number of nitrogens with zero attached hydrogens (tertiary/aromatic N) is 3. The van der Waals surface area contributed by atoms with Crippen molar-refractivity contribution in [1.82, 2.24) is 15.1 Å². The van der Waals surface area contributed by atoms with E-state index in [4.69, 9.17) is 14.2 Å². The first-order chi connectivity index (χ1) is 13.2. The summed E-state index contributed by atoms with van der Waals surface area (Å²) in [5.41, 5.74) is 2.94. The van der Waals surface area contributed by atoms with Gasteiger partial charge in [-0.15, -0.1) is 10.2 Å². The van der Waals surface area contributed by atoms with E-state index < -0.39 is 0 Å². The normalized spacial score (nSPS) is 16.7. The zero-order valence-corrected chi connectivity index (χ0v) is 16.5. The van der Waals surface area contributed by atoms with Gasteiger partial charge in [0.2, 0.25) is 5.88 Å². The minimum atomic E-state index is 0.472. The average Bonchev–Trinajstić information content (AvgIpc) is 3.21. The van der Waals surface area contributed by atoms with Gasteiger partial charge in [-0.1, -0.05) is 6.07 Å². The summed E-state index contributed by atoms with van der Waals surface area (Å²) >= 11 is 0. The van der Waals surface area contributed by atoms with Crippen LogP contribution in [0.1, 0.15) is 31.2 Å². The highest BCUT2D eigenvalue weighted by atomic mass is 16.5. The predicted octanol–water partition coefficient (Wildman–Crippen LogP) is 3.55. The lowest BCUT2D eigenvalue weighted by Crippen LogP contribution is -2.20. The van der Waals surface area contributed by atoms with Crippen LogP contribution in [0, 0.1) is 0 Å². The molecule has 0 amide bonds. The molecule has 1 aliphatic rings. The van der Waals surface area contributed by atoms with Crippen molar-refractivity contribution >= 4 is 0 Å². The molecule has 6 heteroatoms. The summed E-state index contributed by atoms with van der Waals surface area (Å²) in [6.45, 7) is 2.87. The molecule has 1 aromatic heterocycles. The van der Waals surface area contributed by atoms with Gasteiger partial charge in [0.15, 0.2) is 0 Å². The van der Waals surface area contributed by atoms with Gasteiger partial charge in [0.25, 0.3) is 0 Å². The molecule has 3 rings (SSSR count). The molecule has 27 heavy (non-hydrogen) atoms. The maximum absolute atomic E-state index is 5.71. The lowest BCUT2D eigenvalue weighted by molar-refractivity contribution is 0.0995. The topological polar surface area (TPSA) is 56.7 Å². The molecule has 1 saturated heterocycles. The van der Waals surface area contributed by atoms with Gasteiger partial charge in [-0.3, -0.25) is 0 Å². The molecule has 6 nitrogen and oxygen atoms in total. The molecule has 146 valence electrons. The lowest BCUT2D eigenvalue weighted by atomic mass is 10.1. The van der Waals surface area contributed by atoms with E-state index in [0.717, 1.165) is 49.5 Å². The third kappa shape index (κ3) is 5.40. The van der Waals surface area contributed by atoms with Crippen LogP contribution in [0.15, 0.2) is 30.3 Å². The predicted molar refractivity (Wildman–Crippen MR) is 105 cm³/mol. The quantitative estimate of drug-likeness (QED) is 0.672. The first-order valence-corrected chi connectivity index (χ1v) is 9.54. The van der Waals surface area contributed by atoms with Crippen LogP contribution in [0.3, 0.4) is 0 Å². The van der Waals surface area contributed by atoms with Crippen molar-refractivity contribution in [1.29, 1.82) is 0 Å². The van der Waals surface area contributed by atoms with Crippen LogP contribution < -0.4 is 9.47 Å². The van der Waals surface area contributed by atoms with E-state index in [1.807, 2.05) is 18.2 Å². The number of methoxy groups -OCH3 is 2. The minimum absolute atomic E-state index is 0.472. The molecule has 1 atom stereocenters. The van der Waals surface area contributed by atoms with E-state index in [1.54, 1.807) is 14.2 Å². The van der Waals surface area contributed by atoms with Crippen LogP contribution in [-0.2, 0) is 11.3 Å². The summed E-state index contributed by atoms with van der Waals surface area (Å²) in [7, 11) is 5.42. The number of rotatable bonds is 9. The second-order valence-corrected chi connectivity index (χ2v) is 7.01. The van der Waals surface area contributed by atoms with Crippen LogP contribution in [0.2, 0.25) is 0 Å². The number of ether oxygens (including phenoxy) is 3. The van der Waals surface area contributed by atoms with Crippen molar-refractivity contribution in [2.24, 2.45) is 0 Å². The maximum atomic E-state index is 5.71. The molecule has 1 aliphatic heterocycles. The molecule has 0 aliphatic carbocycles. The Balaban J connectivity index is 1.63. The Morgan fingerprint density at radius 2 is 2.04 bits per heavy atom. The molecule has 0 radical (unpaired) electrons. The average molecular weight is 371 g/mol. The van der Waals surface area contributed by atoms with E-state index in [2.05, 4.69) is 34.3 Å². The molecule has 2 aromatic rings. The third-order valence-electron chi connectivity index (χ3n) is 4.93. The summed E-state index contributed by atoms with van der Waals surface area (Å²) in [6, 6.07) is 9.95. The Labute approximate surface area is 161 Å².